The van der Waals surface area contributed by atoms with E-state index in [0.29, 0.717) is 12.4 Å². The molecule has 0 spiro atoms. The van der Waals surface area contributed by atoms with Crippen molar-refractivity contribution in [1.29, 1.82) is 0 Å². The van der Waals surface area contributed by atoms with E-state index in [1.807, 2.05) is 37.3 Å². The topological polar surface area (TPSA) is 46.5 Å². The zero-order valence-corrected chi connectivity index (χ0v) is 8.86. The van der Waals surface area contributed by atoms with Gasteiger partial charge in [-0.05, 0) is 13.8 Å². The van der Waals surface area contributed by atoms with Gasteiger partial charge in [0, 0.05) is 5.56 Å². The van der Waals surface area contributed by atoms with Crippen molar-refractivity contribution in [1.82, 2.24) is 0 Å². The minimum Gasteiger partial charge on any atom is -0.493 e. The molecule has 15 heavy (non-hydrogen) atoms. The third-order valence-electron chi connectivity index (χ3n) is 1.99. The van der Waals surface area contributed by atoms with Gasteiger partial charge < -0.3 is 9.84 Å². The van der Waals surface area contributed by atoms with Crippen molar-refractivity contribution in [3.8, 4) is 0 Å². The summed E-state index contributed by atoms with van der Waals surface area (Å²) < 4.78 is 5.35. The second-order valence-electron chi connectivity index (χ2n) is 3.06. The fourth-order valence-corrected chi connectivity index (χ4v) is 1.24. The predicted octanol–water partition coefficient (Wildman–Crippen LogP) is 2.54. The summed E-state index contributed by atoms with van der Waals surface area (Å²) in [6.45, 7) is 3.83. The van der Waals surface area contributed by atoms with Crippen molar-refractivity contribution in [2.24, 2.45) is 0 Å². The average molecular weight is 206 g/mol. The Labute approximate surface area is 89.0 Å². The molecule has 0 heterocycles. The van der Waals surface area contributed by atoms with Crippen LogP contribution in [0.1, 0.15) is 19.4 Å². The highest BCUT2D eigenvalue weighted by atomic mass is 16.5. The molecule has 1 aromatic rings. The van der Waals surface area contributed by atoms with Gasteiger partial charge in [-0.3, -0.25) is 0 Å². The van der Waals surface area contributed by atoms with Crippen molar-refractivity contribution in [2.45, 2.75) is 13.8 Å². The van der Waals surface area contributed by atoms with Crippen molar-refractivity contribution in [3.63, 3.8) is 0 Å². The summed E-state index contributed by atoms with van der Waals surface area (Å²) in [5.74, 6) is -0.520. The first-order chi connectivity index (χ1) is 7.16. The van der Waals surface area contributed by atoms with Crippen molar-refractivity contribution >= 4 is 11.7 Å². The van der Waals surface area contributed by atoms with Gasteiger partial charge in [-0.25, -0.2) is 4.79 Å². The SMILES string of the molecule is CCOC(=C(C)C(=O)O)c1ccccc1. The van der Waals surface area contributed by atoms with Crippen LogP contribution >= 0.6 is 0 Å². The Balaban J connectivity index is 3.14. The number of aliphatic carboxylic acids is 1. The van der Waals surface area contributed by atoms with Crippen LogP contribution in [-0.4, -0.2) is 17.7 Å². The van der Waals surface area contributed by atoms with E-state index >= 15 is 0 Å². The van der Waals surface area contributed by atoms with Crippen LogP contribution < -0.4 is 0 Å². The molecule has 80 valence electrons. The molecule has 0 fully saturated rings. The molecule has 0 aliphatic heterocycles. The first kappa shape index (κ1) is 11.3. The van der Waals surface area contributed by atoms with E-state index in [9.17, 15) is 4.79 Å². The second-order valence-corrected chi connectivity index (χ2v) is 3.06. The van der Waals surface area contributed by atoms with E-state index in [1.54, 1.807) is 6.92 Å². The van der Waals surface area contributed by atoms with Gasteiger partial charge in [0.1, 0.15) is 5.76 Å². The predicted molar refractivity (Wildman–Crippen MR) is 58.3 cm³/mol. The van der Waals surface area contributed by atoms with Crippen LogP contribution in [0.15, 0.2) is 35.9 Å². The Morgan fingerprint density at radius 3 is 2.40 bits per heavy atom. The van der Waals surface area contributed by atoms with E-state index in [-0.39, 0.29) is 5.57 Å². The number of carboxylic acids is 1. The lowest BCUT2D eigenvalue weighted by molar-refractivity contribution is -0.132. The lowest BCUT2D eigenvalue weighted by Crippen LogP contribution is -2.03. The Bertz CT molecular complexity index is 366. The molecule has 0 radical (unpaired) electrons. The molecular formula is C12H14O3. The molecule has 0 aliphatic carbocycles. The highest BCUT2D eigenvalue weighted by Gasteiger charge is 2.12. The molecule has 0 atom stereocenters. The van der Waals surface area contributed by atoms with E-state index in [0.717, 1.165) is 5.56 Å². The monoisotopic (exact) mass is 206 g/mol. The van der Waals surface area contributed by atoms with Gasteiger partial charge in [-0.15, -0.1) is 0 Å². The van der Waals surface area contributed by atoms with E-state index < -0.39 is 5.97 Å². The summed E-state index contributed by atoms with van der Waals surface area (Å²) in [5, 5.41) is 8.90. The zero-order chi connectivity index (χ0) is 11.3. The van der Waals surface area contributed by atoms with Gasteiger partial charge in [0.05, 0.1) is 12.2 Å². The number of benzene rings is 1. The summed E-state index contributed by atoms with van der Waals surface area (Å²) in [6.07, 6.45) is 0. The number of hydrogen-bond acceptors (Lipinski definition) is 2. The normalized spacial score (nSPS) is 11.9. The van der Waals surface area contributed by atoms with Crippen LogP contribution in [0.4, 0.5) is 0 Å². The summed E-state index contributed by atoms with van der Waals surface area (Å²) in [7, 11) is 0. The van der Waals surface area contributed by atoms with Gasteiger partial charge in [0.15, 0.2) is 0 Å². The van der Waals surface area contributed by atoms with Crippen molar-refractivity contribution < 1.29 is 14.6 Å². The lowest BCUT2D eigenvalue weighted by Gasteiger charge is -2.10. The molecule has 0 unspecified atom stereocenters. The molecule has 3 heteroatoms. The molecule has 1 N–H and O–H groups in total. The van der Waals surface area contributed by atoms with Gasteiger partial charge in [0.2, 0.25) is 0 Å². The maximum Gasteiger partial charge on any atom is 0.335 e. The Morgan fingerprint density at radius 1 is 1.33 bits per heavy atom. The molecular weight excluding hydrogens is 192 g/mol. The maximum absolute atomic E-state index is 10.9. The number of hydrogen-bond donors (Lipinski definition) is 1. The quantitative estimate of drug-likeness (QED) is 0.608. The van der Waals surface area contributed by atoms with Crippen LogP contribution in [0.3, 0.4) is 0 Å². The molecule has 0 aliphatic rings. The third-order valence-corrected chi connectivity index (χ3v) is 1.99. The molecule has 0 amide bonds. The Hall–Kier alpha value is -1.77. The fraction of sp³-hybridized carbons (Fsp3) is 0.250. The van der Waals surface area contributed by atoms with Crippen LogP contribution in [0.5, 0.6) is 0 Å². The van der Waals surface area contributed by atoms with Crippen molar-refractivity contribution in [3.05, 3.63) is 41.5 Å². The van der Waals surface area contributed by atoms with Crippen LogP contribution in [0.2, 0.25) is 0 Å². The number of ether oxygens (including phenoxy) is 1. The maximum atomic E-state index is 10.9. The molecule has 0 aromatic heterocycles. The van der Waals surface area contributed by atoms with Crippen molar-refractivity contribution in [2.75, 3.05) is 6.61 Å². The highest BCUT2D eigenvalue weighted by Crippen LogP contribution is 2.19. The first-order valence-electron chi connectivity index (χ1n) is 4.79. The smallest absolute Gasteiger partial charge is 0.335 e. The van der Waals surface area contributed by atoms with E-state index in [4.69, 9.17) is 9.84 Å². The Kier molecular flexibility index (Phi) is 3.92. The molecule has 0 bridgehead atoms. The van der Waals surface area contributed by atoms with E-state index in [1.165, 1.54) is 0 Å². The van der Waals surface area contributed by atoms with Crippen LogP contribution in [0.25, 0.3) is 5.76 Å². The average Bonchev–Trinajstić information content (AvgIpc) is 2.26. The van der Waals surface area contributed by atoms with Gasteiger partial charge in [0.25, 0.3) is 0 Å². The largest absolute Gasteiger partial charge is 0.493 e. The fourth-order valence-electron chi connectivity index (χ4n) is 1.24. The molecule has 0 saturated carbocycles. The number of carbonyl (C=O) groups is 1. The highest BCUT2D eigenvalue weighted by molar-refractivity contribution is 5.94. The van der Waals surface area contributed by atoms with Gasteiger partial charge in [-0.2, -0.15) is 0 Å². The summed E-state index contributed by atoms with van der Waals surface area (Å²) in [4.78, 5) is 10.9. The zero-order valence-electron chi connectivity index (χ0n) is 8.86. The number of rotatable bonds is 4. The summed E-state index contributed by atoms with van der Waals surface area (Å²) >= 11 is 0. The summed E-state index contributed by atoms with van der Waals surface area (Å²) in [5.41, 5.74) is 1.02. The molecule has 1 rings (SSSR count). The Morgan fingerprint density at radius 2 is 1.93 bits per heavy atom. The van der Waals surface area contributed by atoms with E-state index in [2.05, 4.69) is 0 Å². The summed E-state index contributed by atoms with van der Waals surface area (Å²) in [6, 6.07) is 9.24. The molecule has 3 nitrogen and oxygen atoms in total. The molecule has 1 aromatic carbocycles. The third kappa shape index (κ3) is 2.84. The van der Waals surface area contributed by atoms with Gasteiger partial charge >= 0.3 is 5.97 Å². The lowest BCUT2D eigenvalue weighted by atomic mass is 10.1. The number of carboxylic acid groups (broad SMARTS) is 1. The molecule has 0 saturated heterocycles. The minimum atomic E-state index is -0.956. The minimum absolute atomic E-state index is 0.225. The second kappa shape index (κ2) is 5.20. The van der Waals surface area contributed by atoms with Gasteiger partial charge in [-0.1, -0.05) is 30.3 Å². The van der Waals surface area contributed by atoms with Crippen LogP contribution in [0, 0.1) is 0 Å². The standard InChI is InChI=1S/C12H14O3/c1-3-15-11(9(2)12(13)14)10-7-5-4-6-8-10/h4-8H,3H2,1-2H3,(H,13,14). The van der Waals surface area contributed by atoms with Crippen LogP contribution in [-0.2, 0) is 9.53 Å². The first-order valence-corrected chi connectivity index (χ1v) is 4.79.